The molecule has 90 valence electrons. The number of nitrogens with one attached hydrogen (secondary N) is 1. The minimum Gasteiger partial charge on any atom is -0.494 e. The van der Waals surface area contributed by atoms with Crippen molar-refractivity contribution in [3.63, 3.8) is 0 Å². The Hall–Kier alpha value is -1.72. The van der Waals surface area contributed by atoms with Gasteiger partial charge in [-0.2, -0.15) is 0 Å². The molecule has 1 rings (SSSR count). The fraction of sp³-hybridized carbons (Fsp3) is 0.600. The lowest BCUT2D eigenvalue weighted by molar-refractivity contribution is -0.138. The maximum Gasteiger partial charge on any atom is 0.303 e. The molecule has 1 unspecified atom stereocenters. The summed E-state index contributed by atoms with van der Waals surface area (Å²) < 4.78 is 9.99. The minimum absolute atomic E-state index is 0.0245. The highest BCUT2D eigenvalue weighted by atomic mass is 16.6. The van der Waals surface area contributed by atoms with Gasteiger partial charge < -0.3 is 19.9 Å². The predicted molar refractivity (Wildman–Crippen MR) is 54.4 cm³/mol. The molecule has 0 aromatic rings. The molecule has 0 fully saturated rings. The molecule has 1 aliphatic rings. The molecule has 1 amide bonds. The molecule has 0 aromatic heterocycles. The van der Waals surface area contributed by atoms with E-state index in [1.165, 1.54) is 6.26 Å². The Morgan fingerprint density at radius 3 is 2.88 bits per heavy atom. The average molecular weight is 229 g/mol. The Morgan fingerprint density at radius 2 is 2.31 bits per heavy atom. The van der Waals surface area contributed by atoms with Gasteiger partial charge >= 0.3 is 5.97 Å². The standard InChI is InChI=1S/C10H15NO5/c1-7(4-9(12)13)5-11-10(14)8-6-15-2-3-16-8/h6-7H,2-5H2,1H3,(H,11,14)(H,12,13). The number of carbonyl (C=O) groups is 2. The Labute approximate surface area is 93.2 Å². The second-order valence-corrected chi connectivity index (χ2v) is 3.61. The van der Waals surface area contributed by atoms with Gasteiger partial charge in [0.1, 0.15) is 19.5 Å². The van der Waals surface area contributed by atoms with Gasteiger partial charge in [-0.05, 0) is 5.92 Å². The first-order valence-corrected chi connectivity index (χ1v) is 5.04. The van der Waals surface area contributed by atoms with Crippen LogP contribution in [0.3, 0.4) is 0 Å². The van der Waals surface area contributed by atoms with E-state index in [2.05, 4.69) is 5.32 Å². The van der Waals surface area contributed by atoms with Crippen LogP contribution in [0.25, 0.3) is 0 Å². The van der Waals surface area contributed by atoms with Gasteiger partial charge in [0.2, 0.25) is 5.76 Å². The summed E-state index contributed by atoms with van der Waals surface area (Å²) in [7, 11) is 0. The number of carbonyl (C=O) groups excluding carboxylic acids is 1. The fourth-order valence-corrected chi connectivity index (χ4v) is 1.21. The summed E-state index contributed by atoms with van der Waals surface area (Å²) in [5.74, 6) is -1.24. The molecule has 0 bridgehead atoms. The van der Waals surface area contributed by atoms with Gasteiger partial charge in [-0.25, -0.2) is 0 Å². The molecule has 0 saturated heterocycles. The fourth-order valence-electron chi connectivity index (χ4n) is 1.21. The third-order valence-electron chi connectivity index (χ3n) is 2.01. The number of rotatable bonds is 5. The number of carboxylic acids is 1. The van der Waals surface area contributed by atoms with Crippen LogP contribution in [0.15, 0.2) is 12.0 Å². The van der Waals surface area contributed by atoms with Gasteiger partial charge in [0.15, 0.2) is 0 Å². The summed E-state index contributed by atoms with van der Waals surface area (Å²) in [4.78, 5) is 21.8. The summed E-state index contributed by atoms with van der Waals surface area (Å²) >= 11 is 0. The van der Waals surface area contributed by atoms with E-state index < -0.39 is 5.97 Å². The Morgan fingerprint density at radius 1 is 1.56 bits per heavy atom. The van der Waals surface area contributed by atoms with Crippen LogP contribution in [0.5, 0.6) is 0 Å². The molecule has 0 saturated carbocycles. The Kier molecular flexibility index (Phi) is 4.63. The van der Waals surface area contributed by atoms with E-state index in [9.17, 15) is 9.59 Å². The number of hydrogen-bond donors (Lipinski definition) is 2. The van der Waals surface area contributed by atoms with Crippen LogP contribution in [0, 0.1) is 5.92 Å². The van der Waals surface area contributed by atoms with E-state index in [-0.39, 0.29) is 24.0 Å². The van der Waals surface area contributed by atoms with Crippen LogP contribution in [0.2, 0.25) is 0 Å². The van der Waals surface area contributed by atoms with Crippen molar-refractivity contribution in [3.05, 3.63) is 12.0 Å². The molecule has 0 aromatic carbocycles. The quantitative estimate of drug-likeness (QED) is 0.698. The van der Waals surface area contributed by atoms with Gasteiger partial charge in [0.05, 0.1) is 0 Å². The van der Waals surface area contributed by atoms with Crippen molar-refractivity contribution in [3.8, 4) is 0 Å². The van der Waals surface area contributed by atoms with Crippen molar-refractivity contribution < 1.29 is 24.2 Å². The Balaban J connectivity index is 2.29. The van der Waals surface area contributed by atoms with Crippen LogP contribution < -0.4 is 5.32 Å². The Bertz CT molecular complexity index is 300. The van der Waals surface area contributed by atoms with Gasteiger partial charge in [0.25, 0.3) is 5.91 Å². The lowest BCUT2D eigenvalue weighted by Crippen LogP contribution is -2.32. The maximum atomic E-state index is 11.5. The second kappa shape index (κ2) is 5.99. The molecule has 1 heterocycles. The first kappa shape index (κ1) is 12.4. The van der Waals surface area contributed by atoms with Crippen LogP contribution in [-0.4, -0.2) is 36.7 Å². The number of hydrogen-bond acceptors (Lipinski definition) is 4. The summed E-state index contributed by atoms with van der Waals surface area (Å²) in [5.41, 5.74) is 0. The van der Waals surface area contributed by atoms with Crippen LogP contribution in [0.1, 0.15) is 13.3 Å². The number of carboxylic acid groups (broad SMARTS) is 1. The third kappa shape index (κ3) is 4.20. The van der Waals surface area contributed by atoms with Gasteiger partial charge in [-0.1, -0.05) is 6.92 Å². The van der Waals surface area contributed by atoms with Crippen molar-refractivity contribution in [2.75, 3.05) is 19.8 Å². The van der Waals surface area contributed by atoms with E-state index in [0.717, 1.165) is 0 Å². The monoisotopic (exact) mass is 229 g/mol. The second-order valence-electron chi connectivity index (χ2n) is 3.61. The summed E-state index contributed by atoms with van der Waals surface area (Å²) in [6.07, 6.45) is 1.29. The zero-order chi connectivity index (χ0) is 12.0. The molecule has 2 N–H and O–H groups in total. The lowest BCUT2D eigenvalue weighted by atomic mass is 10.1. The van der Waals surface area contributed by atoms with E-state index in [0.29, 0.717) is 19.8 Å². The topological polar surface area (TPSA) is 84.9 Å². The summed E-state index contributed by atoms with van der Waals surface area (Å²) in [6.45, 7) is 2.84. The average Bonchev–Trinajstić information content (AvgIpc) is 2.26. The SMILES string of the molecule is CC(CNC(=O)C1=COCCO1)CC(=O)O. The smallest absolute Gasteiger partial charge is 0.303 e. The van der Waals surface area contributed by atoms with Crippen LogP contribution in [-0.2, 0) is 19.1 Å². The molecule has 6 heteroatoms. The molecular weight excluding hydrogens is 214 g/mol. The molecule has 6 nitrogen and oxygen atoms in total. The van der Waals surface area contributed by atoms with Gasteiger partial charge in [0, 0.05) is 13.0 Å². The normalized spacial score (nSPS) is 16.4. The van der Waals surface area contributed by atoms with E-state index >= 15 is 0 Å². The number of ether oxygens (including phenoxy) is 2. The third-order valence-corrected chi connectivity index (χ3v) is 2.01. The summed E-state index contributed by atoms with van der Waals surface area (Å²) in [5, 5.41) is 11.1. The zero-order valence-electron chi connectivity index (χ0n) is 9.06. The van der Waals surface area contributed by atoms with E-state index in [1.807, 2.05) is 0 Å². The molecular formula is C10H15NO5. The molecule has 1 atom stereocenters. The van der Waals surface area contributed by atoms with Crippen molar-refractivity contribution in [2.24, 2.45) is 5.92 Å². The maximum absolute atomic E-state index is 11.5. The zero-order valence-corrected chi connectivity index (χ0v) is 9.06. The summed E-state index contributed by atoms with van der Waals surface area (Å²) in [6, 6.07) is 0. The molecule has 0 radical (unpaired) electrons. The minimum atomic E-state index is -0.877. The number of aliphatic carboxylic acids is 1. The highest BCUT2D eigenvalue weighted by Crippen LogP contribution is 2.05. The van der Waals surface area contributed by atoms with Crippen molar-refractivity contribution >= 4 is 11.9 Å². The van der Waals surface area contributed by atoms with Crippen molar-refractivity contribution in [2.45, 2.75) is 13.3 Å². The van der Waals surface area contributed by atoms with Crippen LogP contribution >= 0.6 is 0 Å². The van der Waals surface area contributed by atoms with Crippen molar-refractivity contribution in [1.29, 1.82) is 0 Å². The van der Waals surface area contributed by atoms with Crippen LogP contribution in [0.4, 0.5) is 0 Å². The highest BCUT2D eigenvalue weighted by molar-refractivity contribution is 5.91. The van der Waals surface area contributed by atoms with E-state index in [4.69, 9.17) is 14.6 Å². The van der Waals surface area contributed by atoms with E-state index in [1.54, 1.807) is 6.92 Å². The van der Waals surface area contributed by atoms with Gasteiger partial charge in [-0.3, -0.25) is 9.59 Å². The largest absolute Gasteiger partial charge is 0.494 e. The number of amides is 1. The van der Waals surface area contributed by atoms with Gasteiger partial charge in [-0.15, -0.1) is 0 Å². The molecule has 0 aliphatic carbocycles. The lowest BCUT2D eigenvalue weighted by Gasteiger charge is -2.16. The molecule has 16 heavy (non-hydrogen) atoms. The molecule has 0 spiro atoms. The van der Waals surface area contributed by atoms with Crippen molar-refractivity contribution in [1.82, 2.24) is 5.32 Å². The first-order valence-electron chi connectivity index (χ1n) is 5.04. The first-order chi connectivity index (χ1) is 7.59. The highest BCUT2D eigenvalue weighted by Gasteiger charge is 2.16. The predicted octanol–water partition coefficient (Wildman–Crippen LogP) is 0.102. The molecule has 1 aliphatic heterocycles.